The number of nitriles is 1. The molecule has 8 nitrogen and oxygen atoms in total. The number of amides is 1. The lowest BCUT2D eigenvalue weighted by atomic mass is 10.0. The van der Waals surface area contributed by atoms with Crippen molar-refractivity contribution in [3.63, 3.8) is 0 Å². The lowest BCUT2D eigenvalue weighted by Crippen LogP contribution is -2.46. The van der Waals surface area contributed by atoms with Crippen LogP contribution in [0.25, 0.3) is 0 Å². The van der Waals surface area contributed by atoms with Crippen LogP contribution in [0.2, 0.25) is 0 Å². The van der Waals surface area contributed by atoms with E-state index in [1.54, 1.807) is 21.0 Å². The normalized spacial score (nSPS) is 15.8. The highest BCUT2D eigenvalue weighted by atomic mass is 16.5. The molecule has 1 fully saturated rings. The molecular formula is C20H26N4O4. The minimum atomic E-state index is -1.12. The molecule has 0 radical (unpaired) electrons. The Morgan fingerprint density at radius 2 is 1.89 bits per heavy atom. The minimum absolute atomic E-state index is 0.0994. The smallest absolute Gasteiger partial charge is 0.326 e. The van der Waals surface area contributed by atoms with Gasteiger partial charge in [-0.05, 0) is 18.1 Å². The molecule has 1 aliphatic heterocycles. The highest BCUT2D eigenvalue weighted by molar-refractivity contribution is 5.99. The molecule has 1 aromatic carbocycles. The molecule has 0 bridgehead atoms. The van der Waals surface area contributed by atoms with Crippen LogP contribution < -0.4 is 15.0 Å². The number of anilines is 1. The fraction of sp³-hybridized carbons (Fsp3) is 0.450. The molecule has 0 aliphatic carbocycles. The molecule has 8 heteroatoms. The van der Waals surface area contributed by atoms with Crippen LogP contribution in [-0.4, -0.2) is 61.2 Å². The zero-order chi connectivity index (χ0) is 20.7. The third kappa shape index (κ3) is 5.16. The molecule has 0 aromatic heterocycles. The number of hydrogen-bond acceptors (Lipinski definition) is 6. The average molecular weight is 386 g/mol. The van der Waals surface area contributed by atoms with E-state index in [2.05, 4.69) is 10.2 Å². The second kappa shape index (κ2) is 9.65. The number of para-hydroxylation sites is 2. The number of carbonyl (C=O) groups is 2. The summed E-state index contributed by atoms with van der Waals surface area (Å²) in [4.78, 5) is 27.7. The lowest BCUT2D eigenvalue weighted by Gasteiger charge is -2.36. The molecule has 2 N–H and O–H groups in total. The summed E-state index contributed by atoms with van der Waals surface area (Å²) in [6, 6.07) is 8.62. The number of carboxylic acid groups (broad SMARTS) is 1. The van der Waals surface area contributed by atoms with Crippen LogP contribution in [0, 0.1) is 17.2 Å². The Morgan fingerprint density at radius 3 is 2.43 bits per heavy atom. The summed E-state index contributed by atoms with van der Waals surface area (Å²) in [6.45, 7) is 6.08. The summed E-state index contributed by atoms with van der Waals surface area (Å²) in [7, 11) is 1.64. The van der Waals surface area contributed by atoms with Crippen LogP contribution >= 0.6 is 0 Å². The monoisotopic (exact) mass is 386 g/mol. The summed E-state index contributed by atoms with van der Waals surface area (Å²) in [5.41, 5.74) is 0.908. The summed E-state index contributed by atoms with van der Waals surface area (Å²) in [6.07, 6.45) is 1.51. The summed E-state index contributed by atoms with van der Waals surface area (Å²) in [5, 5.41) is 21.0. The van der Waals surface area contributed by atoms with E-state index >= 15 is 0 Å². The van der Waals surface area contributed by atoms with Crippen molar-refractivity contribution in [3.8, 4) is 11.8 Å². The third-order valence-corrected chi connectivity index (χ3v) is 4.64. The van der Waals surface area contributed by atoms with Crippen molar-refractivity contribution in [1.29, 1.82) is 5.26 Å². The first-order valence-electron chi connectivity index (χ1n) is 9.15. The number of carbonyl (C=O) groups excluding carboxylic acids is 1. The maximum atomic E-state index is 12.3. The highest BCUT2D eigenvalue weighted by Gasteiger charge is 2.26. The van der Waals surface area contributed by atoms with Crippen molar-refractivity contribution in [1.82, 2.24) is 10.2 Å². The topological polar surface area (TPSA) is 106 Å². The molecule has 1 aliphatic rings. The van der Waals surface area contributed by atoms with Gasteiger partial charge in [-0.15, -0.1) is 0 Å². The van der Waals surface area contributed by atoms with E-state index in [1.807, 2.05) is 35.2 Å². The van der Waals surface area contributed by atoms with Crippen LogP contribution in [-0.2, 0) is 9.59 Å². The quantitative estimate of drug-likeness (QED) is 0.540. The number of rotatable bonds is 7. The zero-order valence-electron chi connectivity index (χ0n) is 16.4. The Morgan fingerprint density at radius 1 is 1.25 bits per heavy atom. The summed E-state index contributed by atoms with van der Waals surface area (Å²) < 4.78 is 5.40. The van der Waals surface area contributed by atoms with Gasteiger partial charge in [0.15, 0.2) is 0 Å². The van der Waals surface area contributed by atoms with Crippen molar-refractivity contribution in [2.75, 3.05) is 38.2 Å². The van der Waals surface area contributed by atoms with E-state index in [4.69, 9.17) is 4.74 Å². The Labute approximate surface area is 165 Å². The average Bonchev–Trinajstić information content (AvgIpc) is 2.69. The van der Waals surface area contributed by atoms with E-state index in [0.717, 1.165) is 11.4 Å². The molecule has 2 rings (SSSR count). The molecule has 1 aromatic rings. The van der Waals surface area contributed by atoms with E-state index in [0.29, 0.717) is 26.2 Å². The Bertz CT molecular complexity index is 777. The van der Waals surface area contributed by atoms with Crippen LogP contribution in [0.1, 0.15) is 13.8 Å². The second-order valence-electron chi connectivity index (χ2n) is 6.88. The fourth-order valence-electron chi connectivity index (χ4n) is 3.04. The number of hydrogen-bond donors (Lipinski definition) is 2. The van der Waals surface area contributed by atoms with Gasteiger partial charge in [-0.3, -0.25) is 4.79 Å². The maximum Gasteiger partial charge on any atom is 0.326 e. The van der Waals surface area contributed by atoms with Gasteiger partial charge < -0.3 is 25.0 Å². The number of nitrogens with zero attached hydrogens (tertiary/aromatic N) is 3. The number of nitrogens with one attached hydrogen (secondary N) is 1. The Balaban J connectivity index is 2.02. The third-order valence-electron chi connectivity index (χ3n) is 4.64. The van der Waals surface area contributed by atoms with Gasteiger partial charge in [0, 0.05) is 32.4 Å². The van der Waals surface area contributed by atoms with Crippen molar-refractivity contribution in [2.24, 2.45) is 5.92 Å². The molecule has 1 unspecified atom stereocenters. The molecule has 1 atom stereocenters. The molecule has 1 heterocycles. The lowest BCUT2D eigenvalue weighted by molar-refractivity contribution is -0.142. The van der Waals surface area contributed by atoms with Gasteiger partial charge in [0.25, 0.3) is 5.91 Å². The SMILES string of the molecule is COc1ccccc1N1CCN(/C=C(/C#N)C(=O)NC(C(=O)O)C(C)C)CC1. The molecule has 1 amide bonds. The molecule has 0 spiro atoms. The number of carboxylic acids is 1. The Hall–Kier alpha value is -3.21. The van der Waals surface area contributed by atoms with E-state index in [9.17, 15) is 20.0 Å². The van der Waals surface area contributed by atoms with Gasteiger partial charge in [0.1, 0.15) is 23.4 Å². The fourth-order valence-corrected chi connectivity index (χ4v) is 3.04. The highest BCUT2D eigenvalue weighted by Crippen LogP contribution is 2.28. The first kappa shape index (κ1) is 21.1. The zero-order valence-corrected chi connectivity index (χ0v) is 16.4. The standard InChI is InChI=1S/C20H26N4O4/c1-14(2)18(20(26)27)22-19(25)15(12-21)13-23-8-10-24(11-9-23)16-6-4-5-7-17(16)28-3/h4-7,13-14,18H,8-11H2,1-3H3,(H,22,25)(H,26,27)/b15-13-. The number of benzene rings is 1. The predicted octanol–water partition coefficient (Wildman–Crippen LogP) is 1.45. The predicted molar refractivity (Wildman–Crippen MR) is 105 cm³/mol. The van der Waals surface area contributed by atoms with Gasteiger partial charge >= 0.3 is 5.97 Å². The van der Waals surface area contributed by atoms with Gasteiger partial charge in [0.2, 0.25) is 0 Å². The molecular weight excluding hydrogens is 360 g/mol. The summed E-state index contributed by atoms with van der Waals surface area (Å²) >= 11 is 0. The van der Waals surface area contributed by atoms with Crippen molar-refractivity contribution in [2.45, 2.75) is 19.9 Å². The second-order valence-corrected chi connectivity index (χ2v) is 6.88. The maximum absolute atomic E-state index is 12.3. The molecule has 150 valence electrons. The van der Waals surface area contributed by atoms with Gasteiger partial charge in [0.05, 0.1) is 12.8 Å². The minimum Gasteiger partial charge on any atom is -0.495 e. The molecule has 28 heavy (non-hydrogen) atoms. The summed E-state index contributed by atoms with van der Waals surface area (Å²) in [5.74, 6) is -1.27. The number of aliphatic carboxylic acids is 1. The van der Waals surface area contributed by atoms with Gasteiger partial charge in [-0.25, -0.2) is 4.79 Å². The van der Waals surface area contributed by atoms with Crippen LogP contribution in [0.5, 0.6) is 5.75 Å². The Kier molecular flexibility index (Phi) is 7.27. The number of piperazine rings is 1. The van der Waals surface area contributed by atoms with Crippen molar-refractivity contribution >= 4 is 17.6 Å². The molecule has 0 saturated carbocycles. The van der Waals surface area contributed by atoms with Gasteiger partial charge in [-0.2, -0.15) is 5.26 Å². The van der Waals surface area contributed by atoms with E-state index in [1.165, 1.54) is 6.20 Å². The van der Waals surface area contributed by atoms with Crippen molar-refractivity contribution < 1.29 is 19.4 Å². The van der Waals surface area contributed by atoms with Crippen LogP contribution in [0.15, 0.2) is 36.0 Å². The van der Waals surface area contributed by atoms with Crippen LogP contribution in [0.3, 0.4) is 0 Å². The van der Waals surface area contributed by atoms with E-state index in [-0.39, 0.29) is 11.5 Å². The van der Waals surface area contributed by atoms with E-state index < -0.39 is 17.9 Å². The first-order chi connectivity index (χ1) is 13.4. The molecule has 1 saturated heterocycles. The largest absolute Gasteiger partial charge is 0.495 e. The van der Waals surface area contributed by atoms with Gasteiger partial charge in [-0.1, -0.05) is 26.0 Å². The number of ether oxygens (including phenoxy) is 1. The first-order valence-corrected chi connectivity index (χ1v) is 9.15. The van der Waals surface area contributed by atoms with Crippen molar-refractivity contribution in [3.05, 3.63) is 36.0 Å². The number of methoxy groups -OCH3 is 1. The van der Waals surface area contributed by atoms with Crippen LogP contribution in [0.4, 0.5) is 5.69 Å².